The zero-order chi connectivity index (χ0) is 11.3. The Balaban J connectivity index is 2.29. The number of halogens is 1. The molecule has 0 saturated carbocycles. The Labute approximate surface area is 97.0 Å². The molecular formula is C9H19ClN2O2S. The summed E-state index contributed by atoms with van der Waals surface area (Å²) in [5.74, 6) is 0.148. The van der Waals surface area contributed by atoms with Gasteiger partial charge in [-0.3, -0.25) is 4.90 Å². The minimum Gasteiger partial charge on any atom is -0.299 e. The maximum atomic E-state index is 11.3. The largest absolute Gasteiger partial charge is 0.299 e. The van der Waals surface area contributed by atoms with Crippen LogP contribution in [0, 0.1) is 0 Å². The number of nitrogens with one attached hydrogen (secondary N) is 1. The SMILES string of the molecule is CC(CNS(=O)(=O)CCCl)N1CCCC1. The van der Waals surface area contributed by atoms with Crippen LogP contribution in [0.15, 0.2) is 0 Å². The van der Waals surface area contributed by atoms with Crippen LogP contribution < -0.4 is 4.72 Å². The van der Waals surface area contributed by atoms with Gasteiger partial charge in [0.15, 0.2) is 0 Å². The van der Waals surface area contributed by atoms with Crippen molar-refractivity contribution < 1.29 is 8.42 Å². The van der Waals surface area contributed by atoms with Gasteiger partial charge < -0.3 is 0 Å². The van der Waals surface area contributed by atoms with Crippen molar-refractivity contribution in [2.75, 3.05) is 31.3 Å². The van der Waals surface area contributed by atoms with Crippen molar-refractivity contribution in [3.63, 3.8) is 0 Å². The quantitative estimate of drug-likeness (QED) is 0.708. The van der Waals surface area contributed by atoms with Crippen LogP contribution in [0.4, 0.5) is 0 Å². The molecule has 0 aromatic heterocycles. The molecule has 6 heteroatoms. The Bertz CT molecular complexity index is 276. The molecule has 0 aliphatic carbocycles. The second kappa shape index (κ2) is 6.03. The molecule has 1 saturated heterocycles. The molecular weight excluding hydrogens is 236 g/mol. The highest BCUT2D eigenvalue weighted by Gasteiger charge is 2.19. The molecule has 0 amide bonds. The van der Waals surface area contributed by atoms with Crippen molar-refractivity contribution in [3.05, 3.63) is 0 Å². The highest BCUT2D eigenvalue weighted by atomic mass is 35.5. The summed E-state index contributed by atoms with van der Waals surface area (Å²) in [6, 6.07) is 0.276. The van der Waals surface area contributed by atoms with Crippen molar-refractivity contribution in [3.8, 4) is 0 Å². The molecule has 0 aromatic carbocycles. The maximum Gasteiger partial charge on any atom is 0.212 e. The molecule has 1 heterocycles. The number of likely N-dealkylation sites (tertiary alicyclic amines) is 1. The Morgan fingerprint density at radius 1 is 1.40 bits per heavy atom. The van der Waals surface area contributed by atoms with Crippen molar-refractivity contribution in [2.24, 2.45) is 0 Å². The van der Waals surface area contributed by atoms with Crippen molar-refractivity contribution in [2.45, 2.75) is 25.8 Å². The summed E-state index contributed by atoms with van der Waals surface area (Å²) in [5, 5.41) is 0. The number of rotatable bonds is 6. The van der Waals surface area contributed by atoms with Crippen LogP contribution in [0.25, 0.3) is 0 Å². The van der Waals surface area contributed by atoms with Crippen LogP contribution in [0.1, 0.15) is 19.8 Å². The lowest BCUT2D eigenvalue weighted by Crippen LogP contribution is -2.41. The van der Waals surface area contributed by atoms with Crippen molar-refractivity contribution >= 4 is 21.6 Å². The zero-order valence-corrected chi connectivity index (χ0v) is 10.6. The summed E-state index contributed by atoms with van der Waals surface area (Å²) < 4.78 is 25.3. The second-order valence-corrected chi connectivity index (χ2v) is 6.25. The van der Waals surface area contributed by atoms with E-state index in [4.69, 9.17) is 11.6 Å². The first-order valence-corrected chi connectivity index (χ1v) is 7.51. The van der Waals surface area contributed by atoms with Gasteiger partial charge in [-0.25, -0.2) is 13.1 Å². The molecule has 0 aromatic rings. The average Bonchev–Trinajstić information content (AvgIpc) is 2.67. The Kier molecular flexibility index (Phi) is 5.32. The molecule has 1 aliphatic rings. The van der Waals surface area contributed by atoms with E-state index in [9.17, 15) is 8.42 Å². The molecule has 1 N–H and O–H groups in total. The Hall–Kier alpha value is 0.160. The summed E-state index contributed by atoms with van der Waals surface area (Å²) in [5.41, 5.74) is 0. The van der Waals surface area contributed by atoms with Gasteiger partial charge in [0.1, 0.15) is 0 Å². The van der Waals surface area contributed by atoms with E-state index in [1.54, 1.807) is 0 Å². The van der Waals surface area contributed by atoms with E-state index in [2.05, 4.69) is 16.5 Å². The molecule has 4 nitrogen and oxygen atoms in total. The van der Waals surface area contributed by atoms with E-state index in [1.165, 1.54) is 12.8 Å². The molecule has 0 bridgehead atoms. The van der Waals surface area contributed by atoms with Crippen LogP contribution in [-0.2, 0) is 10.0 Å². The predicted molar refractivity (Wildman–Crippen MR) is 62.8 cm³/mol. The van der Waals surface area contributed by atoms with Gasteiger partial charge in [0.05, 0.1) is 5.75 Å². The van der Waals surface area contributed by atoms with Crippen LogP contribution in [-0.4, -0.2) is 50.6 Å². The highest BCUT2D eigenvalue weighted by Crippen LogP contribution is 2.10. The van der Waals surface area contributed by atoms with Gasteiger partial charge in [-0.15, -0.1) is 11.6 Å². The zero-order valence-electron chi connectivity index (χ0n) is 9.08. The van der Waals surface area contributed by atoms with E-state index in [0.717, 1.165) is 13.1 Å². The van der Waals surface area contributed by atoms with Gasteiger partial charge in [-0.05, 0) is 32.9 Å². The fourth-order valence-electron chi connectivity index (χ4n) is 1.73. The van der Waals surface area contributed by atoms with E-state index in [-0.39, 0.29) is 17.7 Å². The van der Waals surface area contributed by atoms with Gasteiger partial charge in [-0.1, -0.05) is 0 Å². The minimum absolute atomic E-state index is 0.00127. The third-order valence-corrected chi connectivity index (χ3v) is 4.47. The highest BCUT2D eigenvalue weighted by molar-refractivity contribution is 7.89. The molecule has 15 heavy (non-hydrogen) atoms. The summed E-state index contributed by atoms with van der Waals surface area (Å²) in [7, 11) is -3.16. The molecule has 1 atom stereocenters. The van der Waals surface area contributed by atoms with E-state index < -0.39 is 10.0 Å². The van der Waals surface area contributed by atoms with Crippen LogP contribution in [0.3, 0.4) is 0 Å². The van der Waals surface area contributed by atoms with Crippen LogP contribution in [0.5, 0.6) is 0 Å². The van der Waals surface area contributed by atoms with Gasteiger partial charge in [-0.2, -0.15) is 0 Å². The summed E-state index contributed by atoms with van der Waals surface area (Å²) in [4.78, 5) is 2.31. The fourth-order valence-corrected chi connectivity index (χ4v) is 3.18. The standard InChI is InChI=1S/C9H19ClN2O2S/c1-9(12-5-2-3-6-12)8-11-15(13,14)7-4-10/h9,11H,2-8H2,1H3. The first-order chi connectivity index (χ1) is 7.05. The molecule has 1 fully saturated rings. The molecule has 0 radical (unpaired) electrons. The van der Waals surface area contributed by atoms with E-state index in [0.29, 0.717) is 6.54 Å². The Morgan fingerprint density at radius 2 is 2.00 bits per heavy atom. The van der Waals surface area contributed by atoms with Gasteiger partial charge in [0, 0.05) is 18.5 Å². The van der Waals surface area contributed by atoms with E-state index >= 15 is 0 Å². The normalized spacial score (nSPS) is 20.7. The van der Waals surface area contributed by atoms with E-state index in [1.807, 2.05) is 0 Å². The number of hydrogen-bond donors (Lipinski definition) is 1. The lowest BCUT2D eigenvalue weighted by Gasteiger charge is -2.23. The third kappa shape index (κ3) is 4.68. The fraction of sp³-hybridized carbons (Fsp3) is 1.00. The topological polar surface area (TPSA) is 49.4 Å². The monoisotopic (exact) mass is 254 g/mol. The minimum atomic E-state index is -3.16. The number of nitrogens with zero attached hydrogens (tertiary/aromatic N) is 1. The van der Waals surface area contributed by atoms with Crippen LogP contribution in [0.2, 0.25) is 0 Å². The smallest absolute Gasteiger partial charge is 0.212 e. The lowest BCUT2D eigenvalue weighted by molar-refractivity contribution is 0.260. The van der Waals surface area contributed by atoms with Crippen molar-refractivity contribution in [1.82, 2.24) is 9.62 Å². The molecule has 1 aliphatic heterocycles. The summed E-state index contributed by atoms with van der Waals surface area (Å²) in [6.45, 7) is 4.70. The number of alkyl halides is 1. The van der Waals surface area contributed by atoms with Gasteiger partial charge in [0.2, 0.25) is 10.0 Å². The molecule has 0 spiro atoms. The third-order valence-electron chi connectivity index (χ3n) is 2.71. The van der Waals surface area contributed by atoms with Crippen LogP contribution >= 0.6 is 11.6 Å². The van der Waals surface area contributed by atoms with Gasteiger partial charge in [0.25, 0.3) is 0 Å². The summed E-state index contributed by atoms with van der Waals surface area (Å²) >= 11 is 5.40. The average molecular weight is 255 g/mol. The molecule has 90 valence electrons. The van der Waals surface area contributed by atoms with Crippen molar-refractivity contribution in [1.29, 1.82) is 0 Å². The number of hydrogen-bond acceptors (Lipinski definition) is 3. The molecule has 1 unspecified atom stereocenters. The number of sulfonamides is 1. The first kappa shape index (κ1) is 13.2. The first-order valence-electron chi connectivity index (χ1n) is 5.32. The molecule has 1 rings (SSSR count). The second-order valence-electron chi connectivity index (χ2n) is 3.95. The summed E-state index contributed by atoms with van der Waals surface area (Å²) in [6.07, 6.45) is 2.44. The predicted octanol–water partition coefficient (Wildman–Crippen LogP) is 0.629. The lowest BCUT2D eigenvalue weighted by atomic mass is 10.3. The maximum absolute atomic E-state index is 11.3. The Morgan fingerprint density at radius 3 is 2.53 bits per heavy atom. The van der Waals surface area contributed by atoms with Gasteiger partial charge >= 0.3 is 0 Å².